The third-order valence-electron chi connectivity index (χ3n) is 10.3. The minimum atomic E-state index is -0.721. The largest absolute Gasteiger partial charge is 0.387 e. The van der Waals surface area contributed by atoms with Crippen LogP contribution in [0, 0.1) is 11.8 Å². The summed E-state index contributed by atoms with van der Waals surface area (Å²) in [7, 11) is 0. The summed E-state index contributed by atoms with van der Waals surface area (Å²) in [6.45, 7) is 9.71. The first-order valence-corrected chi connectivity index (χ1v) is 21.0. The van der Waals surface area contributed by atoms with Crippen molar-refractivity contribution in [3.8, 4) is 20.5 Å². The van der Waals surface area contributed by atoms with Gasteiger partial charge in [-0.1, -0.05) is 27.7 Å². The second-order valence-electron chi connectivity index (χ2n) is 14.9. The maximum atomic E-state index is 13.5. The molecule has 7 rings (SSSR count). The van der Waals surface area contributed by atoms with Crippen molar-refractivity contribution < 1.29 is 24.3 Å². The second kappa shape index (κ2) is 15.8. The van der Waals surface area contributed by atoms with Gasteiger partial charge >= 0.3 is 0 Å². The van der Waals surface area contributed by atoms with Crippen LogP contribution in [0.3, 0.4) is 0 Å². The van der Waals surface area contributed by atoms with Crippen molar-refractivity contribution in [2.75, 3.05) is 19.7 Å². The van der Waals surface area contributed by atoms with Crippen molar-refractivity contribution in [2.45, 2.75) is 90.9 Å². The van der Waals surface area contributed by atoms with Crippen LogP contribution in [0.25, 0.3) is 35.4 Å². The first-order valence-electron chi connectivity index (χ1n) is 18.5. The predicted molar refractivity (Wildman–Crippen MR) is 213 cm³/mol. The molecule has 0 aromatic carbocycles. The van der Waals surface area contributed by atoms with Crippen molar-refractivity contribution in [1.82, 2.24) is 35.4 Å². The van der Waals surface area contributed by atoms with Crippen LogP contribution in [0.4, 0.5) is 0 Å². The summed E-state index contributed by atoms with van der Waals surface area (Å²) >= 11 is 5.04. The van der Waals surface area contributed by atoms with E-state index in [1.54, 1.807) is 45.1 Å². The molecule has 3 aliphatic rings. The number of imidazole rings is 1. The maximum Gasteiger partial charge on any atom is 0.246 e. The van der Waals surface area contributed by atoms with Crippen molar-refractivity contribution in [1.29, 1.82) is 0 Å². The number of nitrogens with zero attached hydrogens (tertiary/aromatic N) is 5. The van der Waals surface area contributed by atoms with Gasteiger partial charge in [0.25, 0.3) is 0 Å². The van der Waals surface area contributed by atoms with E-state index >= 15 is 0 Å². The second-order valence-corrected chi connectivity index (χ2v) is 18.1. The lowest BCUT2D eigenvalue weighted by Gasteiger charge is -2.31. The minimum Gasteiger partial charge on any atom is -0.387 e. The standard InChI is InChI=1S/C38H46N8O5S3/c1-19(2)33(42-21(5)48)37(50)45-10-6-8-25(45)23-12-22(15-39-23)27-13-28-29(52-27)14-30(53-28)36-41-17-31(54-36)24-16-40-35(43-24)26-9-7-11-46(26)38(51)34(20(3)4)44-32(49)18-47/h13-17,19-20,25-26,33-34,47H,6-12,18H2,1-5H3,(H,40,43)(H,42,48)(H,44,49)/t25?,26-,33-,34-/m0/s1. The van der Waals surface area contributed by atoms with E-state index in [1.807, 2.05) is 45.0 Å². The van der Waals surface area contributed by atoms with Crippen LogP contribution in [-0.4, -0.2) is 97.0 Å². The number of thiophene rings is 2. The van der Waals surface area contributed by atoms with Gasteiger partial charge in [-0.2, -0.15) is 0 Å². The molecule has 0 spiro atoms. The Labute approximate surface area is 326 Å². The van der Waals surface area contributed by atoms with Crippen LogP contribution in [-0.2, 0) is 19.2 Å². The third kappa shape index (κ3) is 7.66. The molecule has 13 nitrogen and oxygen atoms in total. The van der Waals surface area contributed by atoms with Crippen LogP contribution in [0.2, 0.25) is 0 Å². The molecule has 286 valence electrons. The van der Waals surface area contributed by atoms with E-state index in [0.717, 1.165) is 57.4 Å². The molecule has 0 bridgehead atoms. The molecule has 4 amide bonds. The highest BCUT2D eigenvalue weighted by Crippen LogP contribution is 2.44. The smallest absolute Gasteiger partial charge is 0.246 e. The Balaban J connectivity index is 1.000. The van der Waals surface area contributed by atoms with Gasteiger partial charge in [0.2, 0.25) is 23.6 Å². The molecule has 4 N–H and O–H groups in total. The maximum absolute atomic E-state index is 13.5. The number of aliphatic hydroxyl groups excluding tert-OH is 1. The normalized spacial score (nSPS) is 19.9. The van der Waals surface area contributed by atoms with E-state index in [1.165, 1.54) is 21.2 Å². The summed E-state index contributed by atoms with van der Waals surface area (Å²) in [6.07, 6.45) is 9.68. The molecule has 16 heteroatoms. The summed E-state index contributed by atoms with van der Waals surface area (Å²) in [5.74, 6) is -0.401. The van der Waals surface area contributed by atoms with E-state index < -0.39 is 24.6 Å². The fourth-order valence-electron chi connectivity index (χ4n) is 7.56. The van der Waals surface area contributed by atoms with Crippen LogP contribution in [0.15, 0.2) is 35.7 Å². The van der Waals surface area contributed by atoms with Gasteiger partial charge in [0.05, 0.1) is 33.7 Å². The first kappa shape index (κ1) is 38.0. The number of nitrogens with one attached hydrogen (secondary N) is 3. The lowest BCUT2D eigenvalue weighted by Crippen LogP contribution is -2.53. The zero-order valence-electron chi connectivity index (χ0n) is 31.0. The van der Waals surface area contributed by atoms with Gasteiger partial charge in [0.15, 0.2) is 0 Å². The number of aliphatic hydroxyl groups is 1. The van der Waals surface area contributed by atoms with Crippen molar-refractivity contribution >= 4 is 78.3 Å². The average Bonchev–Trinajstić information content (AvgIpc) is 3.98. The zero-order valence-corrected chi connectivity index (χ0v) is 33.5. The van der Waals surface area contributed by atoms with Gasteiger partial charge in [-0.05, 0) is 55.2 Å². The van der Waals surface area contributed by atoms with Crippen LogP contribution in [0.5, 0.6) is 0 Å². The average molecular weight is 791 g/mol. The number of carbonyl (C=O) groups excluding carboxylic acids is 4. The Morgan fingerprint density at radius 2 is 1.48 bits per heavy atom. The molecule has 3 aliphatic heterocycles. The highest BCUT2D eigenvalue weighted by molar-refractivity contribution is 7.31. The Morgan fingerprint density at radius 3 is 2.15 bits per heavy atom. The zero-order chi connectivity index (χ0) is 38.3. The molecule has 0 radical (unpaired) electrons. The molecule has 7 heterocycles. The van der Waals surface area contributed by atoms with Crippen molar-refractivity contribution in [3.63, 3.8) is 0 Å². The molecule has 2 saturated heterocycles. The molecule has 1 unspecified atom stereocenters. The summed E-state index contributed by atoms with van der Waals surface area (Å²) in [5, 5.41) is 15.7. The highest BCUT2D eigenvalue weighted by Gasteiger charge is 2.39. The Hall–Kier alpha value is -4.25. The Kier molecular flexibility index (Phi) is 11.2. The van der Waals surface area contributed by atoms with Gasteiger partial charge in [-0.25, -0.2) is 9.97 Å². The number of fused-ring (bicyclic) bond motifs is 1. The van der Waals surface area contributed by atoms with Crippen molar-refractivity contribution in [3.05, 3.63) is 41.4 Å². The van der Waals surface area contributed by atoms with Gasteiger partial charge in [-0.15, -0.1) is 34.0 Å². The summed E-state index contributed by atoms with van der Waals surface area (Å²) in [5.41, 5.74) is 3.00. The quantitative estimate of drug-likeness (QED) is 0.144. The number of allylic oxidation sites excluding steroid dienone is 1. The molecule has 0 saturated carbocycles. The highest BCUT2D eigenvalue weighted by atomic mass is 32.1. The van der Waals surface area contributed by atoms with Gasteiger partial charge in [0.1, 0.15) is 29.5 Å². The number of H-pyrrole nitrogens is 1. The summed E-state index contributed by atoms with van der Waals surface area (Å²) < 4.78 is 2.38. The number of aromatic amines is 1. The molecule has 4 aromatic heterocycles. The van der Waals surface area contributed by atoms with E-state index in [9.17, 15) is 24.3 Å². The molecule has 4 atom stereocenters. The number of thiazole rings is 1. The summed E-state index contributed by atoms with van der Waals surface area (Å²) in [6, 6.07) is 2.88. The Bertz CT molecular complexity index is 2090. The van der Waals surface area contributed by atoms with Crippen LogP contribution >= 0.6 is 34.0 Å². The number of amides is 4. The van der Waals surface area contributed by atoms with E-state index in [0.29, 0.717) is 25.3 Å². The lowest BCUT2D eigenvalue weighted by molar-refractivity contribution is -0.139. The van der Waals surface area contributed by atoms with E-state index in [4.69, 9.17) is 9.98 Å². The monoisotopic (exact) mass is 790 g/mol. The fraction of sp³-hybridized carbons (Fsp3) is 0.500. The van der Waals surface area contributed by atoms with Gasteiger partial charge in [0, 0.05) is 58.8 Å². The molecule has 4 aromatic rings. The number of carbonyl (C=O) groups is 4. The number of hydrogen-bond donors (Lipinski definition) is 4. The number of aliphatic imine (C=N–C) groups is 1. The van der Waals surface area contributed by atoms with Crippen LogP contribution in [0.1, 0.15) is 83.5 Å². The fourth-order valence-corrected chi connectivity index (χ4v) is 10.9. The number of rotatable bonds is 12. The van der Waals surface area contributed by atoms with Gasteiger partial charge in [-0.3, -0.25) is 24.2 Å². The topological polar surface area (TPSA) is 173 Å². The number of hydrogen-bond acceptors (Lipinski definition) is 11. The number of aromatic nitrogens is 3. The Morgan fingerprint density at radius 1 is 0.852 bits per heavy atom. The molecular formula is C38H46N8O5S3. The molecular weight excluding hydrogens is 745 g/mol. The minimum absolute atomic E-state index is 0.00755. The summed E-state index contributed by atoms with van der Waals surface area (Å²) in [4.78, 5) is 75.4. The molecule has 0 aliphatic carbocycles. The predicted octanol–water partition coefficient (Wildman–Crippen LogP) is 5.61. The van der Waals surface area contributed by atoms with E-state index in [-0.39, 0.29) is 41.6 Å². The lowest BCUT2D eigenvalue weighted by atomic mass is 9.99. The van der Waals surface area contributed by atoms with Crippen molar-refractivity contribution in [2.24, 2.45) is 16.8 Å². The molecule has 2 fully saturated rings. The van der Waals surface area contributed by atoms with Gasteiger partial charge < -0.3 is 30.5 Å². The third-order valence-corrected chi connectivity index (χ3v) is 13.9. The van der Waals surface area contributed by atoms with Crippen LogP contribution < -0.4 is 10.6 Å². The SMILES string of the molecule is CC(=O)N[C@H](C(=O)N1CCCC1C1=NC=C(c2cc3sc(-c4ncc(-c5cnc([C@@H]6CCCN6C(=O)[C@@H](NC(=O)CO)C(C)C)[nH]5)s4)cc3s2)C1)C(C)C. The first-order chi connectivity index (χ1) is 25.9. The van der Waals surface area contributed by atoms with E-state index in [2.05, 4.69) is 32.7 Å². The molecule has 54 heavy (non-hydrogen) atoms. The number of likely N-dealkylation sites (tertiary alicyclic amines) is 2.